The highest BCUT2D eigenvalue weighted by molar-refractivity contribution is 7.99. The van der Waals surface area contributed by atoms with E-state index in [0.717, 1.165) is 11.8 Å². The van der Waals surface area contributed by atoms with Crippen LogP contribution in [0, 0.1) is 0 Å². The van der Waals surface area contributed by atoms with Gasteiger partial charge in [0.2, 0.25) is 11.8 Å². The molecule has 10 heteroatoms. The summed E-state index contributed by atoms with van der Waals surface area (Å²) in [7, 11) is 0. The lowest BCUT2D eigenvalue weighted by Gasteiger charge is -2.17. The van der Waals surface area contributed by atoms with Crippen molar-refractivity contribution in [1.82, 2.24) is 10.6 Å². The predicted octanol–water partition coefficient (Wildman–Crippen LogP) is 1.50. The fourth-order valence-electron chi connectivity index (χ4n) is 1.54. The van der Waals surface area contributed by atoms with Crippen molar-refractivity contribution in [2.75, 3.05) is 12.3 Å². The SMILES string of the molecule is CC(=O)N[C@@H](CSc1cc(Cl)cc(Cl)c1O)C(=O)NCC(=O)O. The third-order valence-electron chi connectivity index (χ3n) is 2.51. The lowest BCUT2D eigenvalue weighted by Crippen LogP contribution is -2.48. The Morgan fingerprint density at radius 3 is 2.52 bits per heavy atom. The van der Waals surface area contributed by atoms with Crippen molar-refractivity contribution in [3.8, 4) is 5.75 Å². The van der Waals surface area contributed by atoms with Gasteiger partial charge >= 0.3 is 5.97 Å². The van der Waals surface area contributed by atoms with Gasteiger partial charge in [-0.15, -0.1) is 11.8 Å². The number of phenolic OH excluding ortho intramolecular Hbond substituents is 1. The molecule has 7 nitrogen and oxygen atoms in total. The average molecular weight is 381 g/mol. The Balaban J connectivity index is 2.80. The highest BCUT2D eigenvalue weighted by Crippen LogP contribution is 2.37. The Hall–Kier alpha value is -1.64. The normalized spacial score (nSPS) is 11.6. The molecule has 0 heterocycles. The Morgan fingerprint density at radius 2 is 1.96 bits per heavy atom. The van der Waals surface area contributed by atoms with Crippen LogP contribution in [0.25, 0.3) is 0 Å². The number of aliphatic carboxylic acids is 1. The lowest BCUT2D eigenvalue weighted by molar-refractivity contribution is -0.138. The van der Waals surface area contributed by atoms with Gasteiger partial charge in [0.1, 0.15) is 18.3 Å². The lowest BCUT2D eigenvalue weighted by atomic mass is 10.3. The van der Waals surface area contributed by atoms with Gasteiger partial charge < -0.3 is 20.8 Å². The summed E-state index contributed by atoms with van der Waals surface area (Å²) < 4.78 is 0. The fourth-order valence-corrected chi connectivity index (χ4v) is 3.19. The van der Waals surface area contributed by atoms with Gasteiger partial charge in [0.15, 0.2) is 0 Å². The number of carbonyl (C=O) groups is 3. The Kier molecular flexibility index (Phi) is 7.47. The fraction of sp³-hybridized carbons (Fsp3) is 0.308. The Bertz CT molecular complexity index is 627. The van der Waals surface area contributed by atoms with Crippen molar-refractivity contribution < 1.29 is 24.6 Å². The average Bonchev–Trinajstić information content (AvgIpc) is 2.44. The summed E-state index contributed by atoms with van der Waals surface area (Å²) in [5, 5.41) is 23.4. The number of halogens is 2. The van der Waals surface area contributed by atoms with Crippen molar-refractivity contribution in [2.24, 2.45) is 0 Å². The quantitative estimate of drug-likeness (QED) is 0.532. The summed E-state index contributed by atoms with van der Waals surface area (Å²) in [5.74, 6) is -2.44. The standard InChI is InChI=1S/C13H14Cl2N2O5S/c1-6(18)17-9(13(22)16-4-11(19)20)5-23-10-3-7(14)2-8(15)12(10)21/h2-3,9,21H,4-5H2,1H3,(H,16,22)(H,17,18)(H,19,20)/t9-/m0/s1. The van der Waals surface area contributed by atoms with Crippen LogP contribution >= 0.6 is 35.0 Å². The van der Waals surface area contributed by atoms with Crippen LogP contribution < -0.4 is 10.6 Å². The number of carboxylic acids is 1. The van der Waals surface area contributed by atoms with Gasteiger partial charge in [-0.25, -0.2) is 0 Å². The molecule has 0 spiro atoms. The van der Waals surface area contributed by atoms with E-state index in [1.165, 1.54) is 19.1 Å². The van der Waals surface area contributed by atoms with E-state index in [2.05, 4.69) is 10.6 Å². The molecule has 0 fully saturated rings. The van der Waals surface area contributed by atoms with E-state index in [4.69, 9.17) is 28.3 Å². The molecular weight excluding hydrogens is 367 g/mol. The van der Waals surface area contributed by atoms with E-state index in [0.29, 0.717) is 9.92 Å². The van der Waals surface area contributed by atoms with E-state index in [9.17, 15) is 19.5 Å². The number of rotatable bonds is 7. The highest BCUT2D eigenvalue weighted by atomic mass is 35.5. The van der Waals surface area contributed by atoms with Gasteiger partial charge in [-0.05, 0) is 12.1 Å². The molecule has 0 saturated carbocycles. The number of hydrogen-bond acceptors (Lipinski definition) is 5. The zero-order valence-corrected chi connectivity index (χ0v) is 14.3. The predicted molar refractivity (Wildman–Crippen MR) is 87.1 cm³/mol. The van der Waals surface area contributed by atoms with Crippen LogP contribution in [-0.4, -0.2) is 46.3 Å². The van der Waals surface area contributed by atoms with Crippen LogP contribution in [0.5, 0.6) is 5.75 Å². The molecule has 1 atom stereocenters. The third kappa shape index (κ3) is 6.55. The summed E-state index contributed by atoms with van der Waals surface area (Å²) in [6.07, 6.45) is 0. The summed E-state index contributed by atoms with van der Waals surface area (Å²) in [6.45, 7) is 0.670. The van der Waals surface area contributed by atoms with Crippen LogP contribution in [-0.2, 0) is 14.4 Å². The second-order valence-electron chi connectivity index (χ2n) is 4.41. The minimum Gasteiger partial charge on any atom is -0.505 e. The van der Waals surface area contributed by atoms with Crippen molar-refractivity contribution >= 4 is 52.7 Å². The maximum Gasteiger partial charge on any atom is 0.322 e. The van der Waals surface area contributed by atoms with E-state index in [1.54, 1.807) is 0 Å². The van der Waals surface area contributed by atoms with E-state index in [-0.39, 0.29) is 16.5 Å². The van der Waals surface area contributed by atoms with E-state index in [1.807, 2.05) is 0 Å². The molecule has 0 aliphatic rings. The van der Waals surface area contributed by atoms with Crippen LogP contribution in [0.4, 0.5) is 0 Å². The molecule has 4 N–H and O–H groups in total. The summed E-state index contributed by atoms with van der Waals surface area (Å²) in [6, 6.07) is 1.86. The second-order valence-corrected chi connectivity index (χ2v) is 6.32. The minimum atomic E-state index is -1.20. The van der Waals surface area contributed by atoms with Crippen LogP contribution in [0.1, 0.15) is 6.92 Å². The molecule has 0 unspecified atom stereocenters. The summed E-state index contributed by atoms with van der Waals surface area (Å²) in [4.78, 5) is 33.9. The first-order chi connectivity index (χ1) is 10.7. The largest absolute Gasteiger partial charge is 0.505 e. The molecule has 1 rings (SSSR count). The van der Waals surface area contributed by atoms with E-state index < -0.39 is 30.4 Å². The maximum atomic E-state index is 11.9. The monoisotopic (exact) mass is 380 g/mol. The first kappa shape index (κ1) is 19.4. The number of hydrogen-bond donors (Lipinski definition) is 4. The van der Waals surface area contributed by atoms with Crippen LogP contribution in [0.2, 0.25) is 10.0 Å². The highest BCUT2D eigenvalue weighted by Gasteiger charge is 2.21. The zero-order valence-electron chi connectivity index (χ0n) is 11.9. The van der Waals surface area contributed by atoms with Crippen LogP contribution in [0.3, 0.4) is 0 Å². The van der Waals surface area contributed by atoms with Crippen molar-refractivity contribution in [3.63, 3.8) is 0 Å². The molecule has 0 aliphatic heterocycles. The second kappa shape index (κ2) is 8.85. The molecule has 2 amide bonds. The molecule has 0 radical (unpaired) electrons. The van der Waals surface area contributed by atoms with Gasteiger partial charge in [-0.3, -0.25) is 14.4 Å². The first-order valence-electron chi connectivity index (χ1n) is 6.28. The van der Waals surface area contributed by atoms with Gasteiger partial charge in [0.25, 0.3) is 0 Å². The summed E-state index contributed by atoms with van der Waals surface area (Å²) in [5.41, 5.74) is 0. The number of carboxylic acid groups (broad SMARTS) is 1. The number of thioether (sulfide) groups is 1. The Labute approximate surface area is 146 Å². The number of nitrogens with one attached hydrogen (secondary N) is 2. The van der Waals surface area contributed by atoms with Gasteiger partial charge in [-0.1, -0.05) is 23.2 Å². The van der Waals surface area contributed by atoms with Crippen LogP contribution in [0.15, 0.2) is 17.0 Å². The Morgan fingerprint density at radius 1 is 1.30 bits per heavy atom. The van der Waals surface area contributed by atoms with Crippen molar-refractivity contribution in [2.45, 2.75) is 17.9 Å². The topological polar surface area (TPSA) is 116 Å². The third-order valence-corrected chi connectivity index (χ3v) is 4.14. The number of benzene rings is 1. The molecule has 1 aromatic rings. The molecule has 1 aromatic carbocycles. The number of amides is 2. The van der Waals surface area contributed by atoms with E-state index >= 15 is 0 Å². The van der Waals surface area contributed by atoms with Crippen molar-refractivity contribution in [1.29, 1.82) is 0 Å². The smallest absolute Gasteiger partial charge is 0.322 e. The molecule has 0 aromatic heterocycles. The first-order valence-corrected chi connectivity index (χ1v) is 8.02. The number of aromatic hydroxyl groups is 1. The summed E-state index contributed by atoms with van der Waals surface area (Å²) >= 11 is 12.7. The minimum absolute atomic E-state index is 0.0509. The van der Waals surface area contributed by atoms with Gasteiger partial charge in [0.05, 0.1) is 9.92 Å². The molecule has 0 aliphatic carbocycles. The zero-order chi connectivity index (χ0) is 17.6. The van der Waals surface area contributed by atoms with Gasteiger partial charge in [-0.2, -0.15) is 0 Å². The molecule has 126 valence electrons. The molecule has 23 heavy (non-hydrogen) atoms. The van der Waals surface area contributed by atoms with Crippen molar-refractivity contribution in [3.05, 3.63) is 22.2 Å². The molecular formula is C13H14Cl2N2O5S. The maximum absolute atomic E-state index is 11.9. The molecule has 0 bridgehead atoms. The van der Waals surface area contributed by atoms with Gasteiger partial charge in [0, 0.05) is 17.7 Å². The molecule has 0 saturated heterocycles. The number of carbonyl (C=O) groups excluding carboxylic acids is 2. The number of phenols is 1.